The van der Waals surface area contributed by atoms with Crippen LogP contribution in [0.15, 0.2) is 42.5 Å². The van der Waals surface area contributed by atoms with Gasteiger partial charge in [-0.1, -0.05) is 23.7 Å². The van der Waals surface area contributed by atoms with Crippen LogP contribution in [-0.2, 0) is 11.3 Å². The largest absolute Gasteiger partial charge is 0.496 e. The van der Waals surface area contributed by atoms with E-state index in [0.717, 1.165) is 46.6 Å². The molecule has 0 spiro atoms. The Morgan fingerprint density at radius 1 is 0.964 bits per heavy atom. The van der Waals surface area contributed by atoms with E-state index in [1.807, 2.05) is 36.4 Å². The standard InChI is InChI=1S/C22H25ClN2O3/c1-25(11-12-26-2)14-16-13-18-19(27-3)9-10-20(28-4)22(18)24-21(16)15-5-7-17(23)8-6-15/h5-10,13H,11-12,14H2,1-4H3. The first kappa shape index (κ1) is 20.4. The maximum atomic E-state index is 6.08. The van der Waals surface area contributed by atoms with Gasteiger partial charge in [0.1, 0.15) is 17.0 Å². The minimum absolute atomic E-state index is 0.672. The van der Waals surface area contributed by atoms with Crippen LogP contribution in [0.1, 0.15) is 5.56 Å². The number of fused-ring (bicyclic) bond motifs is 1. The van der Waals surface area contributed by atoms with Gasteiger partial charge in [-0.2, -0.15) is 0 Å². The van der Waals surface area contributed by atoms with Crippen LogP contribution < -0.4 is 9.47 Å². The summed E-state index contributed by atoms with van der Waals surface area (Å²) in [4.78, 5) is 7.19. The highest BCUT2D eigenvalue weighted by atomic mass is 35.5. The fraction of sp³-hybridized carbons (Fsp3) is 0.318. The summed E-state index contributed by atoms with van der Waals surface area (Å²) in [5.74, 6) is 1.48. The Balaban J connectivity index is 2.18. The van der Waals surface area contributed by atoms with Crippen LogP contribution in [0.5, 0.6) is 11.5 Å². The van der Waals surface area contributed by atoms with Crippen LogP contribution in [0.3, 0.4) is 0 Å². The van der Waals surface area contributed by atoms with E-state index in [-0.39, 0.29) is 0 Å². The lowest BCUT2D eigenvalue weighted by Gasteiger charge is -2.20. The van der Waals surface area contributed by atoms with Crippen molar-refractivity contribution in [1.82, 2.24) is 9.88 Å². The molecule has 2 aromatic carbocycles. The molecule has 0 unspecified atom stereocenters. The van der Waals surface area contributed by atoms with Crippen molar-refractivity contribution in [2.45, 2.75) is 6.54 Å². The summed E-state index contributed by atoms with van der Waals surface area (Å²) >= 11 is 6.08. The molecule has 1 aromatic heterocycles. The average molecular weight is 401 g/mol. The maximum Gasteiger partial charge on any atom is 0.145 e. The lowest BCUT2D eigenvalue weighted by atomic mass is 10.0. The highest BCUT2D eigenvalue weighted by molar-refractivity contribution is 6.30. The van der Waals surface area contributed by atoms with Crippen LogP contribution in [0.2, 0.25) is 5.02 Å². The number of nitrogens with zero attached hydrogens (tertiary/aromatic N) is 2. The first-order valence-corrected chi connectivity index (χ1v) is 9.43. The van der Waals surface area contributed by atoms with Crippen molar-refractivity contribution in [2.75, 3.05) is 41.5 Å². The van der Waals surface area contributed by atoms with Gasteiger partial charge in [0, 0.05) is 36.2 Å². The van der Waals surface area contributed by atoms with Crippen LogP contribution >= 0.6 is 11.6 Å². The molecule has 148 valence electrons. The maximum absolute atomic E-state index is 6.08. The molecule has 0 aliphatic heterocycles. The molecule has 0 bridgehead atoms. The van der Waals surface area contributed by atoms with Crippen molar-refractivity contribution in [2.24, 2.45) is 0 Å². The van der Waals surface area contributed by atoms with E-state index in [9.17, 15) is 0 Å². The fourth-order valence-electron chi connectivity index (χ4n) is 3.19. The third-order valence-corrected chi connectivity index (χ3v) is 4.91. The summed E-state index contributed by atoms with van der Waals surface area (Å²) < 4.78 is 16.3. The second-order valence-corrected chi connectivity index (χ2v) is 7.04. The molecule has 0 saturated carbocycles. The van der Waals surface area contributed by atoms with Crippen LogP contribution in [0, 0.1) is 0 Å². The summed E-state index contributed by atoms with van der Waals surface area (Å²) in [5.41, 5.74) is 3.78. The van der Waals surface area contributed by atoms with E-state index < -0.39 is 0 Å². The molecular formula is C22H25ClN2O3. The molecule has 1 heterocycles. The van der Waals surface area contributed by atoms with Crippen molar-refractivity contribution >= 4 is 22.5 Å². The molecule has 3 aromatic rings. The zero-order valence-corrected chi connectivity index (χ0v) is 17.4. The minimum Gasteiger partial charge on any atom is -0.496 e. The molecule has 0 N–H and O–H groups in total. The molecule has 0 saturated heterocycles. The normalized spacial score (nSPS) is 11.2. The summed E-state index contributed by atoms with van der Waals surface area (Å²) in [6.45, 7) is 2.22. The number of hydrogen-bond donors (Lipinski definition) is 0. The Morgan fingerprint density at radius 3 is 2.29 bits per heavy atom. The lowest BCUT2D eigenvalue weighted by Crippen LogP contribution is -2.22. The van der Waals surface area contributed by atoms with Gasteiger partial charge in [-0.15, -0.1) is 0 Å². The highest BCUT2D eigenvalue weighted by Crippen LogP contribution is 2.36. The smallest absolute Gasteiger partial charge is 0.145 e. The summed E-state index contributed by atoms with van der Waals surface area (Å²) in [7, 11) is 7.09. The van der Waals surface area contributed by atoms with Crippen molar-refractivity contribution in [3.05, 3.63) is 53.1 Å². The van der Waals surface area contributed by atoms with Gasteiger partial charge >= 0.3 is 0 Å². The van der Waals surface area contributed by atoms with Gasteiger partial charge in [0.05, 0.1) is 26.5 Å². The minimum atomic E-state index is 0.672. The van der Waals surface area contributed by atoms with Gasteiger partial charge in [-0.05, 0) is 42.9 Å². The Morgan fingerprint density at radius 2 is 1.64 bits per heavy atom. The average Bonchev–Trinajstić information content (AvgIpc) is 2.71. The van der Waals surface area contributed by atoms with E-state index in [0.29, 0.717) is 17.4 Å². The molecule has 0 radical (unpaired) electrons. The van der Waals surface area contributed by atoms with Crippen molar-refractivity contribution in [3.8, 4) is 22.8 Å². The molecule has 0 amide bonds. The van der Waals surface area contributed by atoms with Gasteiger partial charge in [0.15, 0.2) is 0 Å². The molecule has 6 heteroatoms. The van der Waals surface area contributed by atoms with Crippen molar-refractivity contribution in [1.29, 1.82) is 0 Å². The van der Waals surface area contributed by atoms with Gasteiger partial charge in [0.25, 0.3) is 0 Å². The number of pyridine rings is 1. The molecule has 0 fully saturated rings. The number of aromatic nitrogens is 1. The third kappa shape index (κ3) is 4.38. The number of ether oxygens (including phenoxy) is 3. The quantitative estimate of drug-likeness (QED) is 0.550. The Kier molecular flexibility index (Phi) is 6.73. The van der Waals surface area contributed by atoms with E-state index >= 15 is 0 Å². The fourth-order valence-corrected chi connectivity index (χ4v) is 3.31. The number of methoxy groups -OCH3 is 3. The van der Waals surface area contributed by atoms with Crippen molar-refractivity contribution in [3.63, 3.8) is 0 Å². The Bertz CT molecular complexity index is 945. The molecule has 0 aliphatic rings. The molecule has 0 aliphatic carbocycles. The lowest BCUT2D eigenvalue weighted by molar-refractivity contribution is 0.158. The number of rotatable bonds is 8. The van der Waals surface area contributed by atoms with Gasteiger partial charge in [-0.3, -0.25) is 4.90 Å². The monoisotopic (exact) mass is 400 g/mol. The van der Waals surface area contributed by atoms with Gasteiger partial charge in [0.2, 0.25) is 0 Å². The molecular weight excluding hydrogens is 376 g/mol. The second kappa shape index (κ2) is 9.24. The summed E-state index contributed by atoms with van der Waals surface area (Å²) in [5, 5.41) is 1.62. The van der Waals surface area contributed by atoms with Gasteiger partial charge in [-0.25, -0.2) is 4.98 Å². The zero-order valence-electron chi connectivity index (χ0n) is 16.7. The third-order valence-electron chi connectivity index (χ3n) is 4.66. The molecule has 5 nitrogen and oxygen atoms in total. The van der Waals surface area contributed by atoms with E-state index in [1.54, 1.807) is 21.3 Å². The predicted octanol–water partition coefficient (Wildman–Crippen LogP) is 4.65. The molecule has 28 heavy (non-hydrogen) atoms. The topological polar surface area (TPSA) is 43.8 Å². The number of likely N-dealkylation sites (N-methyl/N-ethyl adjacent to an activating group) is 1. The second-order valence-electron chi connectivity index (χ2n) is 6.60. The SMILES string of the molecule is COCCN(C)Cc1cc2c(OC)ccc(OC)c2nc1-c1ccc(Cl)cc1. The summed E-state index contributed by atoms with van der Waals surface area (Å²) in [6.07, 6.45) is 0. The molecule has 3 rings (SSSR count). The van der Waals surface area contributed by atoms with E-state index in [2.05, 4.69) is 18.0 Å². The van der Waals surface area contributed by atoms with Gasteiger partial charge < -0.3 is 14.2 Å². The van der Waals surface area contributed by atoms with Crippen LogP contribution in [0.25, 0.3) is 22.2 Å². The summed E-state index contributed by atoms with van der Waals surface area (Å²) in [6, 6.07) is 13.7. The number of halogens is 1. The number of benzene rings is 2. The predicted molar refractivity (Wildman–Crippen MR) is 114 cm³/mol. The van der Waals surface area contributed by atoms with Crippen LogP contribution in [-0.4, -0.2) is 51.4 Å². The number of hydrogen-bond acceptors (Lipinski definition) is 5. The van der Waals surface area contributed by atoms with Crippen molar-refractivity contribution < 1.29 is 14.2 Å². The zero-order chi connectivity index (χ0) is 20.1. The van der Waals surface area contributed by atoms with E-state index in [1.165, 1.54) is 0 Å². The first-order chi connectivity index (χ1) is 13.6. The Labute approximate surface area is 170 Å². The Hall–Kier alpha value is -2.34. The first-order valence-electron chi connectivity index (χ1n) is 9.05. The molecule has 0 atom stereocenters. The van der Waals surface area contributed by atoms with Crippen LogP contribution in [0.4, 0.5) is 0 Å². The highest BCUT2D eigenvalue weighted by Gasteiger charge is 2.16. The van der Waals surface area contributed by atoms with E-state index in [4.69, 9.17) is 30.8 Å².